The van der Waals surface area contributed by atoms with Gasteiger partial charge >= 0.3 is 0 Å². The predicted octanol–water partition coefficient (Wildman–Crippen LogP) is 1.17. The normalized spacial score (nSPS) is 15.5. The Morgan fingerprint density at radius 2 is 1.80 bits per heavy atom. The van der Waals surface area contributed by atoms with Gasteiger partial charge in [0.05, 0.1) is 10.8 Å². The minimum absolute atomic E-state index is 0.0772. The van der Waals surface area contributed by atoms with E-state index in [1.807, 2.05) is 30.3 Å². The summed E-state index contributed by atoms with van der Waals surface area (Å²) in [5.41, 5.74) is 5.42. The van der Waals surface area contributed by atoms with E-state index in [0.717, 1.165) is 5.56 Å². The number of hydrogen-bond acceptors (Lipinski definition) is 6. The first kappa shape index (κ1) is 20.8. The van der Waals surface area contributed by atoms with Gasteiger partial charge in [-0.05, 0) is 17.7 Å². The van der Waals surface area contributed by atoms with Gasteiger partial charge in [0.2, 0.25) is 11.8 Å². The number of benzene rings is 2. The topological polar surface area (TPSA) is 131 Å². The number of amides is 3. The molecule has 10 heteroatoms. The van der Waals surface area contributed by atoms with Crippen LogP contribution in [0.3, 0.4) is 0 Å². The maximum Gasteiger partial charge on any atom is 0.276 e. The van der Waals surface area contributed by atoms with E-state index in [9.17, 15) is 24.5 Å². The van der Waals surface area contributed by atoms with Crippen molar-refractivity contribution in [1.82, 2.24) is 15.8 Å². The lowest BCUT2D eigenvalue weighted by Gasteiger charge is -2.16. The van der Waals surface area contributed by atoms with E-state index in [0.29, 0.717) is 6.54 Å². The minimum atomic E-state index is -0.604. The Bertz CT molecular complexity index is 932. The number of likely N-dealkylation sites (tertiary alicyclic amines) is 1. The van der Waals surface area contributed by atoms with Crippen LogP contribution in [-0.4, -0.2) is 40.7 Å². The summed E-state index contributed by atoms with van der Waals surface area (Å²) >= 11 is 0. The molecule has 1 heterocycles. The Morgan fingerprint density at radius 3 is 2.47 bits per heavy atom. The number of hydrogen-bond donors (Lipinski definition) is 2. The number of non-ortho nitro benzene ring substituents is 1. The summed E-state index contributed by atoms with van der Waals surface area (Å²) in [5, 5.41) is 10.6. The van der Waals surface area contributed by atoms with Crippen molar-refractivity contribution in [3.63, 3.8) is 0 Å². The molecular weight excluding hydrogens is 392 g/mol. The lowest BCUT2D eigenvalue weighted by Crippen LogP contribution is -2.46. The quantitative estimate of drug-likeness (QED) is 0.518. The van der Waals surface area contributed by atoms with Gasteiger partial charge in [-0.1, -0.05) is 30.3 Å². The fourth-order valence-electron chi connectivity index (χ4n) is 2.99. The Hall–Kier alpha value is -3.95. The van der Waals surface area contributed by atoms with Crippen LogP contribution in [0.25, 0.3) is 0 Å². The monoisotopic (exact) mass is 412 g/mol. The molecule has 3 rings (SSSR count). The maximum atomic E-state index is 12.3. The Morgan fingerprint density at radius 1 is 1.10 bits per heavy atom. The van der Waals surface area contributed by atoms with Crippen molar-refractivity contribution in [3.8, 4) is 5.75 Å². The number of rotatable bonds is 7. The summed E-state index contributed by atoms with van der Waals surface area (Å²) in [7, 11) is 0. The summed E-state index contributed by atoms with van der Waals surface area (Å²) < 4.78 is 5.21. The second-order valence-corrected chi connectivity index (χ2v) is 6.74. The van der Waals surface area contributed by atoms with Crippen LogP contribution in [0.4, 0.5) is 5.69 Å². The molecule has 0 aromatic heterocycles. The van der Waals surface area contributed by atoms with Crippen LogP contribution in [0.15, 0.2) is 54.6 Å². The SMILES string of the molecule is O=C(COc1ccc([N+](=O)[O-])cc1)NNC(=O)C1CC(=O)N(Cc2ccccc2)C1. The van der Waals surface area contributed by atoms with Crippen LogP contribution in [0, 0.1) is 16.0 Å². The first-order valence-corrected chi connectivity index (χ1v) is 9.20. The second kappa shape index (κ2) is 9.50. The second-order valence-electron chi connectivity index (χ2n) is 6.74. The van der Waals surface area contributed by atoms with Gasteiger partial charge in [-0.25, -0.2) is 0 Å². The van der Waals surface area contributed by atoms with Gasteiger partial charge in [-0.3, -0.25) is 35.3 Å². The Kier molecular flexibility index (Phi) is 6.58. The molecule has 0 spiro atoms. The molecule has 0 radical (unpaired) electrons. The molecule has 2 aromatic rings. The third kappa shape index (κ3) is 5.53. The minimum Gasteiger partial charge on any atom is -0.484 e. The number of hydrazine groups is 1. The lowest BCUT2D eigenvalue weighted by atomic mass is 10.1. The Balaban J connectivity index is 1.41. The standard InChI is InChI=1S/C20H20N4O6/c25-18(13-30-17-8-6-16(7-9-17)24(28)29)21-22-20(27)15-10-19(26)23(12-15)11-14-4-2-1-3-5-14/h1-9,15H,10-13H2,(H,21,25)(H,22,27). The molecule has 10 nitrogen and oxygen atoms in total. The van der Waals surface area contributed by atoms with Crippen molar-refractivity contribution < 1.29 is 24.0 Å². The van der Waals surface area contributed by atoms with E-state index >= 15 is 0 Å². The van der Waals surface area contributed by atoms with Crippen molar-refractivity contribution >= 4 is 23.4 Å². The first-order valence-electron chi connectivity index (χ1n) is 9.20. The van der Waals surface area contributed by atoms with Gasteiger partial charge in [0.15, 0.2) is 6.61 Å². The van der Waals surface area contributed by atoms with E-state index < -0.39 is 22.7 Å². The van der Waals surface area contributed by atoms with Crippen LogP contribution in [0.1, 0.15) is 12.0 Å². The summed E-state index contributed by atoms with van der Waals surface area (Å²) in [6, 6.07) is 14.7. The average molecular weight is 412 g/mol. The molecule has 1 aliphatic heterocycles. The number of nitro groups is 1. The van der Waals surface area contributed by atoms with Crippen LogP contribution in [0.5, 0.6) is 5.75 Å². The fraction of sp³-hybridized carbons (Fsp3) is 0.250. The molecular formula is C20H20N4O6. The molecule has 0 saturated carbocycles. The van der Waals surface area contributed by atoms with Gasteiger partial charge in [-0.2, -0.15) is 0 Å². The third-order valence-electron chi connectivity index (χ3n) is 4.54. The molecule has 1 unspecified atom stereocenters. The molecule has 0 bridgehead atoms. The van der Waals surface area contributed by atoms with Crippen LogP contribution >= 0.6 is 0 Å². The van der Waals surface area contributed by atoms with Crippen LogP contribution in [0.2, 0.25) is 0 Å². The smallest absolute Gasteiger partial charge is 0.276 e. The van der Waals surface area contributed by atoms with Crippen LogP contribution < -0.4 is 15.6 Å². The largest absolute Gasteiger partial charge is 0.484 e. The third-order valence-corrected chi connectivity index (χ3v) is 4.54. The highest BCUT2D eigenvalue weighted by molar-refractivity contribution is 5.90. The van der Waals surface area contributed by atoms with Crippen molar-refractivity contribution in [3.05, 3.63) is 70.3 Å². The number of nitrogens with one attached hydrogen (secondary N) is 2. The van der Waals surface area contributed by atoms with Crippen molar-refractivity contribution in [2.45, 2.75) is 13.0 Å². The number of carbonyl (C=O) groups is 3. The zero-order chi connectivity index (χ0) is 21.5. The van der Waals surface area contributed by atoms with Gasteiger partial charge in [0.1, 0.15) is 5.75 Å². The number of ether oxygens (including phenoxy) is 1. The number of nitro benzene ring substituents is 1. The van der Waals surface area contributed by atoms with Crippen molar-refractivity contribution in [2.75, 3.05) is 13.2 Å². The molecule has 2 aromatic carbocycles. The van der Waals surface area contributed by atoms with E-state index in [4.69, 9.17) is 4.74 Å². The van der Waals surface area contributed by atoms with E-state index in [1.54, 1.807) is 4.90 Å². The molecule has 1 atom stereocenters. The molecule has 30 heavy (non-hydrogen) atoms. The summed E-state index contributed by atoms with van der Waals surface area (Å²) in [4.78, 5) is 47.9. The maximum absolute atomic E-state index is 12.3. The molecule has 3 amide bonds. The predicted molar refractivity (Wildman–Crippen MR) is 105 cm³/mol. The zero-order valence-electron chi connectivity index (χ0n) is 15.9. The highest BCUT2D eigenvalue weighted by atomic mass is 16.6. The van der Waals surface area contributed by atoms with Crippen LogP contribution in [-0.2, 0) is 20.9 Å². The fourth-order valence-corrected chi connectivity index (χ4v) is 2.99. The molecule has 0 aliphatic carbocycles. The first-order chi connectivity index (χ1) is 14.4. The molecule has 1 saturated heterocycles. The summed E-state index contributed by atoms with van der Waals surface area (Å²) in [6.45, 7) is 0.315. The van der Waals surface area contributed by atoms with E-state index in [2.05, 4.69) is 10.9 Å². The zero-order valence-corrected chi connectivity index (χ0v) is 15.9. The number of carbonyl (C=O) groups excluding carboxylic acids is 3. The van der Waals surface area contributed by atoms with Gasteiger partial charge < -0.3 is 9.64 Å². The van der Waals surface area contributed by atoms with E-state index in [1.165, 1.54) is 24.3 Å². The average Bonchev–Trinajstić information content (AvgIpc) is 3.11. The van der Waals surface area contributed by atoms with Gasteiger partial charge in [-0.15, -0.1) is 0 Å². The highest BCUT2D eigenvalue weighted by Gasteiger charge is 2.34. The Labute approximate surface area is 171 Å². The molecule has 1 fully saturated rings. The van der Waals surface area contributed by atoms with Crippen molar-refractivity contribution in [1.29, 1.82) is 0 Å². The molecule has 156 valence electrons. The van der Waals surface area contributed by atoms with Gasteiger partial charge in [0, 0.05) is 31.6 Å². The summed E-state index contributed by atoms with van der Waals surface area (Å²) in [6.07, 6.45) is 0.0772. The van der Waals surface area contributed by atoms with E-state index in [-0.39, 0.29) is 36.9 Å². The highest BCUT2D eigenvalue weighted by Crippen LogP contribution is 2.20. The lowest BCUT2D eigenvalue weighted by molar-refractivity contribution is -0.384. The summed E-state index contributed by atoms with van der Waals surface area (Å²) in [5.74, 6) is -1.46. The number of nitrogens with zero attached hydrogens (tertiary/aromatic N) is 2. The molecule has 2 N–H and O–H groups in total. The molecule has 1 aliphatic rings. The van der Waals surface area contributed by atoms with Crippen molar-refractivity contribution in [2.24, 2.45) is 5.92 Å². The van der Waals surface area contributed by atoms with Gasteiger partial charge in [0.25, 0.3) is 11.6 Å².